The molecule has 94 valence electrons. The summed E-state index contributed by atoms with van der Waals surface area (Å²) >= 11 is 5.98. The van der Waals surface area contributed by atoms with E-state index in [0.717, 1.165) is 19.6 Å². The van der Waals surface area contributed by atoms with E-state index in [-0.39, 0.29) is 11.9 Å². The summed E-state index contributed by atoms with van der Waals surface area (Å²) in [5.41, 5.74) is 6.60. The van der Waals surface area contributed by atoms with E-state index in [2.05, 4.69) is 4.90 Å². The summed E-state index contributed by atoms with van der Waals surface area (Å²) in [6.07, 6.45) is 2.99. The molecule has 1 saturated heterocycles. The molecule has 2 nitrogen and oxygen atoms in total. The summed E-state index contributed by atoms with van der Waals surface area (Å²) in [4.78, 5) is 2.33. The Morgan fingerprint density at radius 3 is 2.71 bits per heavy atom. The molecule has 2 rings (SSSR count). The molecule has 0 radical (unpaired) electrons. The van der Waals surface area contributed by atoms with Gasteiger partial charge in [-0.2, -0.15) is 0 Å². The summed E-state index contributed by atoms with van der Waals surface area (Å²) in [6.45, 7) is 3.04. The smallest absolute Gasteiger partial charge is 0.127 e. The Kier molecular flexibility index (Phi) is 4.37. The third-order valence-corrected chi connectivity index (χ3v) is 3.57. The molecule has 17 heavy (non-hydrogen) atoms. The Labute approximate surface area is 107 Å². The summed E-state index contributed by atoms with van der Waals surface area (Å²) in [5, 5.41) is 0.474. The van der Waals surface area contributed by atoms with Crippen molar-refractivity contribution in [2.24, 2.45) is 5.73 Å². The molecule has 1 aliphatic heterocycles. The van der Waals surface area contributed by atoms with Gasteiger partial charge < -0.3 is 10.6 Å². The third-order valence-electron chi connectivity index (χ3n) is 3.22. The van der Waals surface area contributed by atoms with Crippen LogP contribution in [0.1, 0.15) is 18.4 Å². The van der Waals surface area contributed by atoms with Crippen LogP contribution in [0.5, 0.6) is 0 Å². The Morgan fingerprint density at radius 1 is 1.35 bits per heavy atom. The molecule has 0 saturated carbocycles. The van der Waals surface area contributed by atoms with Crippen LogP contribution in [0.2, 0.25) is 5.02 Å². The van der Waals surface area contributed by atoms with E-state index in [0.29, 0.717) is 17.0 Å². The molecule has 0 aliphatic carbocycles. The van der Waals surface area contributed by atoms with Crippen LogP contribution in [0.25, 0.3) is 0 Å². The third kappa shape index (κ3) is 3.41. The van der Waals surface area contributed by atoms with Crippen molar-refractivity contribution in [1.29, 1.82) is 0 Å². The lowest BCUT2D eigenvalue weighted by atomic mass is 10.1. The van der Waals surface area contributed by atoms with Gasteiger partial charge in [-0.15, -0.1) is 0 Å². The Hall–Kier alpha value is -0.640. The molecule has 1 aromatic carbocycles. The second-order valence-electron chi connectivity index (χ2n) is 4.67. The molecule has 0 spiro atoms. The van der Waals surface area contributed by atoms with Gasteiger partial charge in [0.05, 0.1) is 0 Å². The van der Waals surface area contributed by atoms with Crippen LogP contribution < -0.4 is 5.73 Å². The Bertz CT molecular complexity index is 357. The second-order valence-corrected chi connectivity index (χ2v) is 5.08. The van der Waals surface area contributed by atoms with Crippen LogP contribution in [0.3, 0.4) is 0 Å². The zero-order valence-electron chi connectivity index (χ0n) is 9.83. The fraction of sp³-hybridized carbons (Fsp3) is 0.538. The number of benzene rings is 1. The minimum Gasteiger partial charge on any atom is -0.326 e. The zero-order chi connectivity index (χ0) is 12.3. The summed E-state index contributed by atoms with van der Waals surface area (Å²) in [6, 6.07) is 4.71. The van der Waals surface area contributed by atoms with Crippen molar-refractivity contribution in [2.75, 3.05) is 19.6 Å². The van der Waals surface area contributed by atoms with Crippen molar-refractivity contribution in [3.05, 3.63) is 34.6 Å². The summed E-state index contributed by atoms with van der Waals surface area (Å²) in [7, 11) is 0. The highest BCUT2D eigenvalue weighted by molar-refractivity contribution is 6.31. The van der Waals surface area contributed by atoms with Crippen molar-refractivity contribution < 1.29 is 4.39 Å². The van der Waals surface area contributed by atoms with Gasteiger partial charge in [-0.3, -0.25) is 0 Å². The molecule has 1 aromatic rings. The largest absolute Gasteiger partial charge is 0.326 e. The molecule has 4 heteroatoms. The molecule has 1 unspecified atom stereocenters. The number of rotatable bonds is 4. The number of nitrogens with zero attached hydrogens (tertiary/aromatic N) is 1. The highest BCUT2D eigenvalue weighted by atomic mass is 35.5. The lowest BCUT2D eigenvalue weighted by Crippen LogP contribution is -2.37. The van der Waals surface area contributed by atoms with Crippen molar-refractivity contribution in [3.8, 4) is 0 Å². The monoisotopic (exact) mass is 256 g/mol. The van der Waals surface area contributed by atoms with E-state index in [1.807, 2.05) is 0 Å². The normalized spacial score (nSPS) is 18.5. The molecule has 1 aliphatic rings. The Balaban J connectivity index is 1.95. The van der Waals surface area contributed by atoms with E-state index in [4.69, 9.17) is 17.3 Å². The quantitative estimate of drug-likeness (QED) is 0.897. The number of halogens is 2. The van der Waals surface area contributed by atoms with Gasteiger partial charge in [0, 0.05) is 23.2 Å². The van der Waals surface area contributed by atoms with Crippen LogP contribution in [0.4, 0.5) is 4.39 Å². The molecule has 0 aromatic heterocycles. The van der Waals surface area contributed by atoms with Crippen molar-refractivity contribution in [2.45, 2.75) is 25.3 Å². The van der Waals surface area contributed by atoms with Crippen LogP contribution in [0.15, 0.2) is 18.2 Å². The molecule has 0 bridgehead atoms. The topological polar surface area (TPSA) is 29.3 Å². The van der Waals surface area contributed by atoms with E-state index in [1.165, 1.54) is 18.9 Å². The Morgan fingerprint density at radius 2 is 2.06 bits per heavy atom. The van der Waals surface area contributed by atoms with E-state index < -0.39 is 0 Å². The standard InChI is InChI=1S/C13H18ClFN2/c14-12-4-3-5-13(15)11(12)8-10(16)9-17-6-1-2-7-17/h3-5,10H,1-2,6-9,16H2. The molecule has 0 amide bonds. The van der Waals surface area contributed by atoms with Gasteiger partial charge in [0.25, 0.3) is 0 Å². The van der Waals surface area contributed by atoms with Gasteiger partial charge in [0.2, 0.25) is 0 Å². The first kappa shape index (κ1) is 12.8. The predicted octanol–water partition coefficient (Wildman–Crippen LogP) is 2.44. The molecule has 1 heterocycles. The highest BCUT2D eigenvalue weighted by Gasteiger charge is 2.17. The van der Waals surface area contributed by atoms with Crippen LogP contribution in [-0.4, -0.2) is 30.6 Å². The number of hydrogen-bond acceptors (Lipinski definition) is 2. The fourth-order valence-corrected chi connectivity index (χ4v) is 2.59. The highest BCUT2D eigenvalue weighted by Crippen LogP contribution is 2.20. The molecule has 2 N–H and O–H groups in total. The maximum absolute atomic E-state index is 13.6. The molecule has 1 atom stereocenters. The number of likely N-dealkylation sites (tertiary alicyclic amines) is 1. The number of hydrogen-bond donors (Lipinski definition) is 1. The van der Waals surface area contributed by atoms with Crippen LogP contribution >= 0.6 is 11.6 Å². The summed E-state index contributed by atoms with van der Waals surface area (Å²) in [5.74, 6) is -0.255. The van der Waals surface area contributed by atoms with Gasteiger partial charge in [-0.1, -0.05) is 17.7 Å². The number of nitrogens with two attached hydrogens (primary N) is 1. The predicted molar refractivity (Wildman–Crippen MR) is 68.8 cm³/mol. The van der Waals surface area contributed by atoms with Gasteiger partial charge in [-0.25, -0.2) is 4.39 Å². The first-order chi connectivity index (χ1) is 8.16. The average molecular weight is 257 g/mol. The first-order valence-electron chi connectivity index (χ1n) is 6.07. The second kappa shape index (κ2) is 5.80. The molecule has 1 fully saturated rings. The van der Waals surface area contributed by atoms with Crippen LogP contribution in [-0.2, 0) is 6.42 Å². The minimum atomic E-state index is -0.255. The fourth-order valence-electron chi connectivity index (χ4n) is 2.35. The van der Waals surface area contributed by atoms with E-state index in [9.17, 15) is 4.39 Å². The van der Waals surface area contributed by atoms with Crippen molar-refractivity contribution in [1.82, 2.24) is 4.90 Å². The molecular formula is C13H18ClFN2. The summed E-state index contributed by atoms with van der Waals surface area (Å²) < 4.78 is 13.6. The van der Waals surface area contributed by atoms with Gasteiger partial charge in [-0.05, 0) is 44.5 Å². The average Bonchev–Trinajstić information content (AvgIpc) is 2.76. The first-order valence-corrected chi connectivity index (χ1v) is 6.45. The van der Waals surface area contributed by atoms with Crippen molar-refractivity contribution in [3.63, 3.8) is 0 Å². The van der Waals surface area contributed by atoms with Crippen LogP contribution in [0, 0.1) is 5.82 Å². The lowest BCUT2D eigenvalue weighted by Gasteiger charge is -2.20. The maximum atomic E-state index is 13.6. The van der Waals surface area contributed by atoms with E-state index in [1.54, 1.807) is 12.1 Å². The van der Waals surface area contributed by atoms with Gasteiger partial charge >= 0.3 is 0 Å². The maximum Gasteiger partial charge on any atom is 0.127 e. The van der Waals surface area contributed by atoms with Gasteiger partial charge in [0.15, 0.2) is 0 Å². The minimum absolute atomic E-state index is 0.0532. The SMILES string of the molecule is NC(Cc1c(F)cccc1Cl)CN1CCCC1. The van der Waals surface area contributed by atoms with Gasteiger partial charge in [0.1, 0.15) is 5.82 Å². The van der Waals surface area contributed by atoms with E-state index >= 15 is 0 Å². The zero-order valence-corrected chi connectivity index (χ0v) is 10.6. The molecular weight excluding hydrogens is 239 g/mol. The lowest BCUT2D eigenvalue weighted by molar-refractivity contribution is 0.312. The van der Waals surface area contributed by atoms with Crippen molar-refractivity contribution >= 4 is 11.6 Å².